The predicted molar refractivity (Wildman–Crippen MR) is 80.3 cm³/mol. The highest BCUT2D eigenvalue weighted by Gasteiger charge is 2.29. The molecule has 1 atom stereocenters. The zero-order valence-corrected chi connectivity index (χ0v) is 11.4. The molecule has 2 nitrogen and oxygen atoms in total. The minimum atomic E-state index is -0.628. The van der Waals surface area contributed by atoms with Crippen LogP contribution in [0.3, 0.4) is 0 Å². The van der Waals surface area contributed by atoms with Crippen molar-refractivity contribution in [1.29, 1.82) is 0 Å². The Labute approximate surface area is 120 Å². The summed E-state index contributed by atoms with van der Waals surface area (Å²) in [5, 5.41) is 12.6. The first-order valence-electron chi connectivity index (χ1n) is 6.46. The van der Waals surface area contributed by atoms with Gasteiger partial charge in [0.2, 0.25) is 0 Å². The van der Waals surface area contributed by atoms with Crippen LogP contribution < -0.4 is 4.74 Å². The molecule has 1 N–H and O–H groups in total. The largest absolute Gasteiger partial charge is 0.456 e. The van der Waals surface area contributed by atoms with Crippen LogP contribution in [0.15, 0.2) is 60.0 Å². The fraction of sp³-hybridized carbons (Fsp3) is 0.0588. The highest BCUT2D eigenvalue weighted by atomic mass is 32.1. The highest BCUT2D eigenvalue weighted by Crippen LogP contribution is 2.49. The summed E-state index contributed by atoms with van der Waals surface area (Å²) in [5.41, 5.74) is 2.82. The van der Waals surface area contributed by atoms with Crippen LogP contribution in [0.1, 0.15) is 17.2 Å². The average Bonchev–Trinajstić information content (AvgIpc) is 2.92. The number of fused-ring (bicyclic) bond motifs is 2. The zero-order valence-electron chi connectivity index (χ0n) is 10.6. The molecular weight excluding hydrogens is 268 g/mol. The van der Waals surface area contributed by atoms with Crippen molar-refractivity contribution in [1.82, 2.24) is 0 Å². The van der Waals surface area contributed by atoms with E-state index in [0.29, 0.717) is 0 Å². The van der Waals surface area contributed by atoms with Crippen LogP contribution in [0.5, 0.6) is 11.5 Å². The van der Waals surface area contributed by atoms with E-state index in [9.17, 15) is 5.11 Å². The molecule has 1 aromatic heterocycles. The summed E-state index contributed by atoms with van der Waals surface area (Å²) in [4.78, 5) is 1.07. The minimum Gasteiger partial charge on any atom is -0.456 e. The van der Waals surface area contributed by atoms with Gasteiger partial charge in [0, 0.05) is 21.4 Å². The molecule has 0 amide bonds. The summed E-state index contributed by atoms with van der Waals surface area (Å²) in [6.45, 7) is 0. The van der Waals surface area contributed by atoms with E-state index in [-0.39, 0.29) is 0 Å². The Morgan fingerprint density at radius 2 is 1.65 bits per heavy atom. The van der Waals surface area contributed by atoms with Crippen LogP contribution in [0.25, 0.3) is 10.4 Å². The number of aliphatic hydroxyl groups is 1. The third kappa shape index (κ3) is 1.68. The van der Waals surface area contributed by atoms with Crippen LogP contribution in [0, 0.1) is 0 Å². The van der Waals surface area contributed by atoms with Crippen LogP contribution in [0.4, 0.5) is 0 Å². The second-order valence-electron chi connectivity index (χ2n) is 4.75. The fourth-order valence-corrected chi connectivity index (χ4v) is 3.59. The molecule has 20 heavy (non-hydrogen) atoms. The van der Waals surface area contributed by atoms with Gasteiger partial charge in [-0.05, 0) is 11.6 Å². The Bertz CT molecular complexity index is 762. The van der Waals surface area contributed by atoms with E-state index < -0.39 is 6.10 Å². The van der Waals surface area contributed by atoms with E-state index in [4.69, 9.17) is 4.74 Å². The van der Waals surface area contributed by atoms with Gasteiger partial charge in [-0.25, -0.2) is 0 Å². The van der Waals surface area contributed by atoms with E-state index >= 15 is 0 Å². The number of aliphatic hydroxyl groups excluding tert-OH is 1. The second kappa shape index (κ2) is 4.47. The summed E-state index contributed by atoms with van der Waals surface area (Å²) in [5.74, 6) is 1.50. The van der Waals surface area contributed by atoms with E-state index in [2.05, 4.69) is 12.1 Å². The van der Waals surface area contributed by atoms with Crippen LogP contribution >= 0.6 is 11.3 Å². The predicted octanol–water partition coefficient (Wildman–Crippen LogP) is 4.60. The first kappa shape index (κ1) is 11.7. The average molecular weight is 280 g/mol. The molecule has 1 unspecified atom stereocenters. The maximum absolute atomic E-state index is 10.7. The lowest BCUT2D eigenvalue weighted by molar-refractivity contribution is 0.204. The Balaban J connectivity index is 1.89. The summed E-state index contributed by atoms with van der Waals surface area (Å²) < 4.78 is 5.90. The van der Waals surface area contributed by atoms with Crippen molar-refractivity contribution >= 4 is 11.3 Å². The van der Waals surface area contributed by atoms with Crippen molar-refractivity contribution in [3.63, 3.8) is 0 Å². The van der Waals surface area contributed by atoms with Gasteiger partial charge >= 0.3 is 0 Å². The molecule has 0 spiro atoms. The maximum atomic E-state index is 10.7. The number of thiophene rings is 1. The fourth-order valence-electron chi connectivity index (χ4n) is 2.58. The summed E-state index contributed by atoms with van der Waals surface area (Å²) >= 11 is 1.61. The third-order valence-corrected chi connectivity index (χ3v) is 4.56. The van der Waals surface area contributed by atoms with Gasteiger partial charge in [-0.1, -0.05) is 48.5 Å². The first-order chi connectivity index (χ1) is 9.84. The van der Waals surface area contributed by atoms with Crippen molar-refractivity contribution < 1.29 is 9.84 Å². The summed E-state index contributed by atoms with van der Waals surface area (Å²) in [6, 6.07) is 17.8. The number of hydrogen-bond donors (Lipinski definition) is 1. The van der Waals surface area contributed by atoms with E-state index in [1.807, 2.05) is 47.8 Å². The van der Waals surface area contributed by atoms with Crippen molar-refractivity contribution in [3.8, 4) is 21.9 Å². The lowest BCUT2D eigenvalue weighted by Crippen LogP contribution is -2.08. The highest BCUT2D eigenvalue weighted by molar-refractivity contribution is 7.14. The Morgan fingerprint density at radius 3 is 2.50 bits per heavy atom. The van der Waals surface area contributed by atoms with Gasteiger partial charge in [0.15, 0.2) is 0 Å². The van der Waals surface area contributed by atoms with Gasteiger partial charge < -0.3 is 9.84 Å². The smallest absolute Gasteiger partial charge is 0.144 e. The number of rotatable bonds is 1. The number of hydrogen-bond acceptors (Lipinski definition) is 3. The van der Waals surface area contributed by atoms with Crippen molar-refractivity contribution in [2.24, 2.45) is 0 Å². The standard InChI is InChI=1S/C17H12O2S/c18-16-12-8-4-5-9-13(12)19-14-10-20-17(15(14)16)11-6-2-1-3-7-11/h1-10,16,18H. The molecule has 3 heteroatoms. The van der Waals surface area contributed by atoms with Gasteiger partial charge in [0.25, 0.3) is 0 Å². The van der Waals surface area contributed by atoms with Crippen LogP contribution in [-0.4, -0.2) is 5.11 Å². The molecule has 3 aromatic rings. The number of para-hydroxylation sites is 1. The van der Waals surface area contributed by atoms with Crippen molar-refractivity contribution in [2.45, 2.75) is 6.10 Å². The SMILES string of the molecule is OC1c2ccccc2Oc2csc(-c3ccccc3)c21. The molecule has 0 saturated heterocycles. The molecule has 98 valence electrons. The summed E-state index contributed by atoms with van der Waals surface area (Å²) in [6.07, 6.45) is -0.628. The van der Waals surface area contributed by atoms with Crippen molar-refractivity contribution in [3.05, 3.63) is 71.1 Å². The molecule has 2 aromatic carbocycles. The second-order valence-corrected chi connectivity index (χ2v) is 5.63. The van der Waals surface area contributed by atoms with Crippen LogP contribution in [0.2, 0.25) is 0 Å². The lowest BCUT2D eigenvalue weighted by Gasteiger charge is -2.23. The molecule has 2 heterocycles. The van der Waals surface area contributed by atoms with Crippen molar-refractivity contribution in [2.75, 3.05) is 0 Å². The topological polar surface area (TPSA) is 29.5 Å². The Hall–Kier alpha value is -2.10. The normalized spacial score (nSPS) is 16.1. The molecular formula is C17H12O2S. The number of ether oxygens (including phenoxy) is 1. The Morgan fingerprint density at radius 1 is 0.900 bits per heavy atom. The molecule has 0 bridgehead atoms. The maximum Gasteiger partial charge on any atom is 0.144 e. The van der Waals surface area contributed by atoms with Crippen LogP contribution in [-0.2, 0) is 0 Å². The first-order valence-corrected chi connectivity index (χ1v) is 7.34. The van der Waals surface area contributed by atoms with E-state index in [1.54, 1.807) is 11.3 Å². The molecule has 1 aliphatic rings. The zero-order chi connectivity index (χ0) is 13.5. The van der Waals surface area contributed by atoms with Gasteiger partial charge in [0.1, 0.15) is 17.6 Å². The number of benzene rings is 2. The third-order valence-electron chi connectivity index (χ3n) is 3.54. The van der Waals surface area contributed by atoms with E-state index in [0.717, 1.165) is 33.1 Å². The van der Waals surface area contributed by atoms with E-state index in [1.165, 1.54) is 0 Å². The Kier molecular flexibility index (Phi) is 2.62. The molecule has 0 saturated carbocycles. The molecule has 0 aliphatic carbocycles. The quantitative estimate of drug-likeness (QED) is 0.705. The lowest BCUT2D eigenvalue weighted by atomic mass is 9.96. The van der Waals surface area contributed by atoms with Gasteiger partial charge in [-0.15, -0.1) is 11.3 Å². The van der Waals surface area contributed by atoms with Gasteiger partial charge in [-0.2, -0.15) is 0 Å². The molecule has 0 fully saturated rings. The molecule has 0 radical (unpaired) electrons. The minimum absolute atomic E-state index is 0.628. The monoisotopic (exact) mass is 280 g/mol. The van der Waals surface area contributed by atoms with Gasteiger partial charge in [0.05, 0.1) is 0 Å². The molecule has 4 rings (SSSR count). The summed E-state index contributed by atoms with van der Waals surface area (Å²) in [7, 11) is 0. The molecule has 1 aliphatic heterocycles. The van der Waals surface area contributed by atoms with Gasteiger partial charge in [-0.3, -0.25) is 0 Å².